The fraction of sp³-hybridized carbons (Fsp3) is 0.471. The molecule has 1 atom stereocenters. The summed E-state index contributed by atoms with van der Waals surface area (Å²) in [6.07, 6.45) is 1.27. The van der Waals surface area contributed by atoms with Crippen LogP contribution in [0.25, 0.3) is 5.69 Å². The van der Waals surface area contributed by atoms with Gasteiger partial charge in [-0.2, -0.15) is 0 Å². The van der Waals surface area contributed by atoms with Gasteiger partial charge in [-0.15, -0.1) is 5.10 Å². The van der Waals surface area contributed by atoms with E-state index in [9.17, 15) is 9.90 Å². The van der Waals surface area contributed by atoms with Gasteiger partial charge >= 0.3 is 0 Å². The molecule has 1 amide bonds. The number of aliphatic hydroxyl groups excluding tert-OH is 1. The molecule has 128 valence electrons. The van der Waals surface area contributed by atoms with Crippen LogP contribution in [0.15, 0.2) is 24.3 Å². The van der Waals surface area contributed by atoms with Gasteiger partial charge in [-0.1, -0.05) is 23.7 Å². The number of nitrogens with zero attached hydrogens (tertiary/aromatic N) is 4. The Morgan fingerprint density at radius 3 is 2.62 bits per heavy atom. The van der Waals surface area contributed by atoms with E-state index >= 15 is 0 Å². The third-order valence-electron chi connectivity index (χ3n) is 4.55. The van der Waals surface area contributed by atoms with E-state index < -0.39 is 0 Å². The zero-order chi connectivity index (χ0) is 17.3. The molecule has 0 spiro atoms. The molecule has 1 aliphatic heterocycles. The Morgan fingerprint density at radius 2 is 2.00 bits per heavy atom. The minimum Gasteiger partial charge on any atom is -0.393 e. The van der Waals surface area contributed by atoms with E-state index in [1.807, 2.05) is 18.2 Å². The Hall–Kier alpha value is -1.92. The standard InChI is InChI=1S/C17H21ClN4O2/c1-11(23)13-7-9-21(10-8-13)17(24)16-19-12(2)22(20-16)15-6-4-3-5-14(15)18/h3-6,11,13,23H,7-10H2,1-2H3. The molecule has 0 radical (unpaired) electrons. The van der Waals surface area contributed by atoms with Gasteiger partial charge in [0.15, 0.2) is 0 Å². The highest BCUT2D eigenvalue weighted by atomic mass is 35.5. The molecule has 24 heavy (non-hydrogen) atoms. The number of halogens is 1. The van der Waals surface area contributed by atoms with E-state index in [0.717, 1.165) is 12.8 Å². The number of likely N-dealkylation sites (tertiary alicyclic amines) is 1. The Bertz CT molecular complexity index is 736. The molecule has 7 heteroatoms. The second kappa shape index (κ2) is 6.91. The van der Waals surface area contributed by atoms with Crippen molar-refractivity contribution in [1.29, 1.82) is 0 Å². The Labute approximate surface area is 146 Å². The number of para-hydroxylation sites is 1. The number of rotatable bonds is 3. The molecule has 1 aliphatic rings. The maximum absolute atomic E-state index is 12.7. The van der Waals surface area contributed by atoms with Crippen LogP contribution in [-0.2, 0) is 0 Å². The van der Waals surface area contributed by atoms with Crippen LogP contribution in [0.2, 0.25) is 5.02 Å². The summed E-state index contributed by atoms with van der Waals surface area (Å²) in [5.74, 6) is 0.880. The van der Waals surface area contributed by atoms with Crippen molar-refractivity contribution in [1.82, 2.24) is 19.7 Å². The number of aryl methyl sites for hydroxylation is 1. The molecule has 0 saturated carbocycles. The van der Waals surface area contributed by atoms with Crippen LogP contribution >= 0.6 is 11.6 Å². The molecule has 0 bridgehead atoms. The first kappa shape index (κ1) is 16.9. The van der Waals surface area contributed by atoms with Crippen molar-refractivity contribution in [3.05, 3.63) is 40.9 Å². The number of benzene rings is 1. The van der Waals surface area contributed by atoms with Crippen molar-refractivity contribution < 1.29 is 9.90 Å². The highest BCUT2D eigenvalue weighted by molar-refractivity contribution is 6.32. The second-order valence-electron chi connectivity index (χ2n) is 6.22. The van der Waals surface area contributed by atoms with E-state index in [4.69, 9.17) is 11.6 Å². The molecule has 1 saturated heterocycles. The summed E-state index contributed by atoms with van der Waals surface area (Å²) in [7, 11) is 0. The molecule has 1 N–H and O–H groups in total. The minimum atomic E-state index is -0.331. The number of hydrogen-bond acceptors (Lipinski definition) is 4. The first-order chi connectivity index (χ1) is 11.5. The van der Waals surface area contributed by atoms with E-state index in [2.05, 4.69) is 10.1 Å². The maximum Gasteiger partial charge on any atom is 0.293 e. The van der Waals surface area contributed by atoms with Gasteiger partial charge in [0.1, 0.15) is 5.82 Å². The van der Waals surface area contributed by atoms with Crippen LogP contribution in [-0.4, -0.2) is 49.9 Å². The number of amides is 1. The van der Waals surface area contributed by atoms with Crippen LogP contribution in [0, 0.1) is 12.8 Å². The van der Waals surface area contributed by atoms with Crippen LogP contribution < -0.4 is 0 Å². The molecule has 0 aliphatic carbocycles. The molecule has 1 fully saturated rings. The van der Waals surface area contributed by atoms with Crippen molar-refractivity contribution in [3.63, 3.8) is 0 Å². The topological polar surface area (TPSA) is 71.2 Å². The lowest BCUT2D eigenvalue weighted by Crippen LogP contribution is -2.41. The summed E-state index contributed by atoms with van der Waals surface area (Å²) in [6.45, 7) is 4.84. The Morgan fingerprint density at radius 1 is 1.33 bits per heavy atom. The number of hydrogen-bond donors (Lipinski definition) is 1. The molecule has 2 heterocycles. The largest absolute Gasteiger partial charge is 0.393 e. The highest BCUT2D eigenvalue weighted by Gasteiger charge is 2.28. The average molecular weight is 349 g/mol. The Balaban J connectivity index is 1.78. The summed E-state index contributed by atoms with van der Waals surface area (Å²) in [4.78, 5) is 18.7. The van der Waals surface area contributed by atoms with Gasteiger partial charge in [0.05, 0.1) is 16.8 Å². The van der Waals surface area contributed by atoms with Crippen LogP contribution in [0.1, 0.15) is 36.2 Å². The SMILES string of the molecule is Cc1nc(C(=O)N2CCC(C(C)O)CC2)nn1-c1ccccc1Cl. The lowest BCUT2D eigenvalue weighted by Gasteiger charge is -2.32. The fourth-order valence-electron chi connectivity index (χ4n) is 3.06. The molecule has 2 aromatic rings. The van der Waals surface area contributed by atoms with E-state index in [1.54, 1.807) is 29.5 Å². The minimum absolute atomic E-state index is 0.173. The maximum atomic E-state index is 12.7. The third-order valence-corrected chi connectivity index (χ3v) is 4.87. The summed E-state index contributed by atoms with van der Waals surface area (Å²) >= 11 is 6.21. The van der Waals surface area contributed by atoms with Gasteiger partial charge in [0.2, 0.25) is 5.82 Å². The number of carbonyl (C=O) groups is 1. The van der Waals surface area contributed by atoms with Gasteiger partial charge in [-0.05, 0) is 44.7 Å². The lowest BCUT2D eigenvalue weighted by molar-refractivity contribution is 0.0512. The summed E-state index contributed by atoms with van der Waals surface area (Å²) in [6, 6.07) is 7.33. The monoisotopic (exact) mass is 348 g/mol. The van der Waals surface area contributed by atoms with Crippen molar-refractivity contribution in [2.45, 2.75) is 32.8 Å². The number of piperidine rings is 1. The predicted octanol–water partition coefficient (Wildman–Crippen LogP) is 2.46. The highest BCUT2D eigenvalue weighted by Crippen LogP contribution is 2.23. The molecule has 1 unspecified atom stereocenters. The zero-order valence-corrected chi connectivity index (χ0v) is 14.6. The summed E-state index contributed by atoms with van der Waals surface area (Å²) in [5.41, 5.74) is 0.705. The average Bonchev–Trinajstić information content (AvgIpc) is 2.96. The molecule has 1 aromatic carbocycles. The smallest absolute Gasteiger partial charge is 0.293 e. The number of aliphatic hydroxyl groups is 1. The van der Waals surface area contributed by atoms with E-state index in [-0.39, 0.29) is 23.8 Å². The van der Waals surface area contributed by atoms with E-state index in [0.29, 0.717) is 29.6 Å². The summed E-state index contributed by atoms with van der Waals surface area (Å²) in [5, 5.41) is 14.6. The molecule has 1 aromatic heterocycles. The fourth-order valence-corrected chi connectivity index (χ4v) is 3.27. The van der Waals surface area contributed by atoms with Crippen LogP contribution in [0.4, 0.5) is 0 Å². The van der Waals surface area contributed by atoms with Gasteiger partial charge in [0.25, 0.3) is 5.91 Å². The van der Waals surface area contributed by atoms with Gasteiger partial charge in [0, 0.05) is 13.1 Å². The zero-order valence-electron chi connectivity index (χ0n) is 13.8. The third kappa shape index (κ3) is 3.30. The Kier molecular flexibility index (Phi) is 4.87. The van der Waals surface area contributed by atoms with E-state index in [1.165, 1.54) is 0 Å². The van der Waals surface area contributed by atoms with Crippen molar-refractivity contribution in [3.8, 4) is 5.69 Å². The summed E-state index contributed by atoms with van der Waals surface area (Å²) < 4.78 is 1.60. The number of aromatic nitrogens is 3. The second-order valence-corrected chi connectivity index (χ2v) is 6.62. The molecular formula is C17H21ClN4O2. The molecule has 6 nitrogen and oxygen atoms in total. The number of carbonyl (C=O) groups excluding carboxylic acids is 1. The predicted molar refractivity (Wildman–Crippen MR) is 91.4 cm³/mol. The van der Waals surface area contributed by atoms with Gasteiger partial charge in [-0.3, -0.25) is 4.79 Å². The normalized spacial score (nSPS) is 17.1. The first-order valence-corrected chi connectivity index (χ1v) is 8.51. The molecular weight excluding hydrogens is 328 g/mol. The van der Waals surface area contributed by atoms with Crippen molar-refractivity contribution >= 4 is 17.5 Å². The van der Waals surface area contributed by atoms with Crippen LogP contribution in [0.5, 0.6) is 0 Å². The van der Waals surface area contributed by atoms with Crippen molar-refractivity contribution in [2.75, 3.05) is 13.1 Å². The first-order valence-electron chi connectivity index (χ1n) is 8.13. The van der Waals surface area contributed by atoms with Crippen LogP contribution in [0.3, 0.4) is 0 Å². The lowest BCUT2D eigenvalue weighted by atomic mass is 9.92. The molecule has 3 rings (SSSR count). The quantitative estimate of drug-likeness (QED) is 0.924. The van der Waals surface area contributed by atoms with Crippen molar-refractivity contribution in [2.24, 2.45) is 5.92 Å². The van der Waals surface area contributed by atoms with Gasteiger partial charge < -0.3 is 10.0 Å². The van der Waals surface area contributed by atoms with Gasteiger partial charge in [-0.25, -0.2) is 9.67 Å².